The van der Waals surface area contributed by atoms with Crippen molar-refractivity contribution in [1.29, 1.82) is 0 Å². The number of nitrogens with one attached hydrogen (secondary N) is 1. The first-order valence-corrected chi connectivity index (χ1v) is 6.90. The van der Waals surface area contributed by atoms with Gasteiger partial charge < -0.3 is 0 Å². The predicted octanol–water partition coefficient (Wildman–Crippen LogP) is 3.22. The van der Waals surface area contributed by atoms with E-state index in [9.17, 15) is 0 Å². The van der Waals surface area contributed by atoms with Gasteiger partial charge in [0.1, 0.15) is 5.84 Å². The van der Waals surface area contributed by atoms with Gasteiger partial charge in [-0.3, -0.25) is 10.4 Å². The summed E-state index contributed by atoms with van der Waals surface area (Å²) in [5.74, 6) is 0.845. The molecular weight excluding hydrogens is 246 g/mol. The van der Waals surface area contributed by atoms with E-state index in [1.807, 2.05) is 48.5 Å². The van der Waals surface area contributed by atoms with Crippen LogP contribution < -0.4 is 5.43 Å². The summed E-state index contributed by atoms with van der Waals surface area (Å²) < 4.78 is 0. The van der Waals surface area contributed by atoms with Crippen molar-refractivity contribution in [2.24, 2.45) is 10.1 Å². The molecule has 1 aliphatic rings. The lowest BCUT2D eigenvalue weighted by Gasteiger charge is -2.21. The molecule has 0 saturated heterocycles. The fourth-order valence-electron chi connectivity index (χ4n) is 2.32. The lowest BCUT2D eigenvalue weighted by Crippen LogP contribution is -2.34. The molecule has 0 aliphatic carbocycles. The van der Waals surface area contributed by atoms with Crippen LogP contribution >= 0.6 is 0 Å². The number of hydrogen-bond acceptors (Lipinski definition) is 3. The molecule has 1 unspecified atom stereocenters. The largest absolute Gasteiger partial charge is 0.261 e. The molecule has 3 rings (SSSR count). The van der Waals surface area contributed by atoms with Gasteiger partial charge in [-0.15, -0.1) is 0 Å². The summed E-state index contributed by atoms with van der Waals surface area (Å²) >= 11 is 0. The first-order valence-electron chi connectivity index (χ1n) is 6.90. The van der Waals surface area contributed by atoms with Crippen molar-refractivity contribution in [3.05, 3.63) is 71.8 Å². The summed E-state index contributed by atoms with van der Waals surface area (Å²) in [6.07, 6.45) is 0.936. The van der Waals surface area contributed by atoms with Gasteiger partial charge in [0.05, 0.1) is 11.8 Å². The molecule has 1 atom stereocenters. The van der Waals surface area contributed by atoms with Gasteiger partial charge in [-0.05, 0) is 12.0 Å². The minimum absolute atomic E-state index is 0.105. The minimum atomic E-state index is 0.105. The van der Waals surface area contributed by atoms with E-state index in [0.717, 1.165) is 29.1 Å². The summed E-state index contributed by atoms with van der Waals surface area (Å²) in [7, 11) is 0. The highest BCUT2D eigenvalue weighted by atomic mass is 15.3. The van der Waals surface area contributed by atoms with Crippen molar-refractivity contribution in [3.63, 3.8) is 0 Å². The highest BCUT2D eigenvalue weighted by Crippen LogP contribution is 2.15. The lowest BCUT2D eigenvalue weighted by atomic mass is 10.0. The first-order chi connectivity index (χ1) is 9.88. The molecule has 20 heavy (non-hydrogen) atoms. The van der Waals surface area contributed by atoms with Crippen LogP contribution in [0.25, 0.3) is 0 Å². The normalized spacial score (nSPS) is 17.9. The van der Waals surface area contributed by atoms with Crippen molar-refractivity contribution in [2.75, 3.05) is 0 Å². The predicted molar refractivity (Wildman–Crippen MR) is 83.2 cm³/mol. The molecule has 1 N–H and O–H groups in total. The molecule has 0 fully saturated rings. The third-order valence-corrected chi connectivity index (χ3v) is 3.39. The summed E-state index contributed by atoms with van der Waals surface area (Å²) in [5.41, 5.74) is 6.29. The number of hydrazone groups is 1. The summed E-state index contributed by atoms with van der Waals surface area (Å²) in [4.78, 5) is 4.80. The smallest absolute Gasteiger partial charge is 0.149 e. The molecular formula is C17H17N3. The second-order valence-electron chi connectivity index (χ2n) is 4.74. The van der Waals surface area contributed by atoms with E-state index in [1.165, 1.54) is 0 Å². The first kappa shape index (κ1) is 12.6. The van der Waals surface area contributed by atoms with Crippen molar-refractivity contribution in [2.45, 2.75) is 19.4 Å². The van der Waals surface area contributed by atoms with E-state index in [0.29, 0.717) is 0 Å². The molecule has 0 radical (unpaired) electrons. The SMILES string of the molecule is CCC1N=C(c2ccccc2)NN=C1c1ccccc1. The van der Waals surface area contributed by atoms with Gasteiger partial charge in [0.2, 0.25) is 0 Å². The zero-order valence-corrected chi connectivity index (χ0v) is 11.5. The van der Waals surface area contributed by atoms with Crippen LogP contribution in [0, 0.1) is 0 Å². The molecule has 2 aromatic carbocycles. The van der Waals surface area contributed by atoms with Crippen molar-refractivity contribution in [3.8, 4) is 0 Å². The van der Waals surface area contributed by atoms with Crippen LogP contribution in [0.3, 0.4) is 0 Å². The summed E-state index contributed by atoms with van der Waals surface area (Å²) in [5, 5.41) is 4.55. The standard InChI is InChI=1S/C17H17N3/c1-2-15-16(13-9-5-3-6-10-13)19-20-17(18-15)14-11-7-4-8-12-14/h3-12,15H,2H2,1H3,(H,18,20). The number of benzene rings is 2. The molecule has 1 aliphatic heterocycles. The highest BCUT2D eigenvalue weighted by Gasteiger charge is 2.20. The Labute approximate surface area is 119 Å². The Bertz CT molecular complexity index is 630. The minimum Gasteiger partial charge on any atom is -0.261 e. The number of rotatable bonds is 3. The second-order valence-corrected chi connectivity index (χ2v) is 4.74. The molecule has 3 heteroatoms. The Hall–Kier alpha value is -2.42. The Morgan fingerprint density at radius 3 is 2.10 bits per heavy atom. The Balaban J connectivity index is 1.91. The van der Waals surface area contributed by atoms with Crippen LogP contribution in [0.2, 0.25) is 0 Å². The zero-order chi connectivity index (χ0) is 13.8. The second kappa shape index (κ2) is 5.70. The van der Waals surface area contributed by atoms with Crippen LogP contribution in [0.1, 0.15) is 24.5 Å². The van der Waals surface area contributed by atoms with Gasteiger partial charge in [0.25, 0.3) is 0 Å². The number of amidine groups is 1. The van der Waals surface area contributed by atoms with Gasteiger partial charge in [0, 0.05) is 5.56 Å². The molecule has 100 valence electrons. The van der Waals surface area contributed by atoms with Crippen molar-refractivity contribution >= 4 is 11.5 Å². The molecule has 1 heterocycles. The van der Waals surface area contributed by atoms with Crippen LogP contribution in [-0.4, -0.2) is 17.6 Å². The molecule has 2 aromatic rings. The molecule has 0 spiro atoms. The van der Waals surface area contributed by atoms with Crippen molar-refractivity contribution in [1.82, 2.24) is 5.43 Å². The summed E-state index contributed by atoms with van der Waals surface area (Å²) in [6.45, 7) is 2.14. The molecule has 0 aromatic heterocycles. The highest BCUT2D eigenvalue weighted by molar-refractivity contribution is 6.10. The Morgan fingerprint density at radius 2 is 1.50 bits per heavy atom. The molecule has 0 bridgehead atoms. The van der Waals surface area contributed by atoms with Crippen LogP contribution in [0.5, 0.6) is 0 Å². The maximum Gasteiger partial charge on any atom is 0.149 e. The van der Waals surface area contributed by atoms with E-state index in [1.54, 1.807) is 0 Å². The van der Waals surface area contributed by atoms with Crippen LogP contribution in [-0.2, 0) is 0 Å². The van der Waals surface area contributed by atoms with E-state index >= 15 is 0 Å². The topological polar surface area (TPSA) is 36.8 Å². The fourth-order valence-corrected chi connectivity index (χ4v) is 2.32. The van der Waals surface area contributed by atoms with E-state index in [2.05, 4.69) is 29.6 Å². The van der Waals surface area contributed by atoms with E-state index in [4.69, 9.17) is 4.99 Å². The summed E-state index contributed by atoms with van der Waals surface area (Å²) in [6, 6.07) is 20.4. The molecule has 0 amide bonds. The number of nitrogens with zero attached hydrogens (tertiary/aromatic N) is 2. The monoisotopic (exact) mass is 263 g/mol. The van der Waals surface area contributed by atoms with Gasteiger partial charge in [0.15, 0.2) is 0 Å². The zero-order valence-electron chi connectivity index (χ0n) is 11.5. The van der Waals surface area contributed by atoms with Gasteiger partial charge in [-0.1, -0.05) is 67.6 Å². The van der Waals surface area contributed by atoms with Crippen molar-refractivity contribution < 1.29 is 0 Å². The average Bonchev–Trinajstić information content (AvgIpc) is 2.56. The van der Waals surface area contributed by atoms with Gasteiger partial charge in [-0.25, -0.2) is 0 Å². The number of aliphatic imine (C=N–C) groups is 1. The van der Waals surface area contributed by atoms with Crippen LogP contribution in [0.15, 0.2) is 70.8 Å². The fraction of sp³-hybridized carbons (Fsp3) is 0.176. The van der Waals surface area contributed by atoms with Gasteiger partial charge in [-0.2, -0.15) is 5.10 Å². The number of hydrogen-bond donors (Lipinski definition) is 1. The Morgan fingerprint density at radius 1 is 0.900 bits per heavy atom. The van der Waals surface area contributed by atoms with Crippen LogP contribution in [0.4, 0.5) is 0 Å². The quantitative estimate of drug-likeness (QED) is 0.907. The maximum atomic E-state index is 4.80. The van der Waals surface area contributed by atoms with E-state index < -0.39 is 0 Å². The van der Waals surface area contributed by atoms with Gasteiger partial charge >= 0.3 is 0 Å². The average molecular weight is 263 g/mol. The molecule has 3 nitrogen and oxygen atoms in total. The lowest BCUT2D eigenvalue weighted by molar-refractivity contribution is 0.777. The maximum absolute atomic E-state index is 4.80. The molecule has 0 saturated carbocycles. The Kier molecular flexibility index (Phi) is 3.59. The van der Waals surface area contributed by atoms with E-state index in [-0.39, 0.29) is 6.04 Å². The third kappa shape index (κ3) is 2.48. The third-order valence-electron chi connectivity index (χ3n) is 3.39.